The number of carbonyl (C=O) groups is 1. The fourth-order valence-corrected chi connectivity index (χ4v) is 2.18. The first-order valence-electron chi connectivity index (χ1n) is 6.79. The van der Waals surface area contributed by atoms with Crippen LogP contribution in [0.3, 0.4) is 0 Å². The van der Waals surface area contributed by atoms with Crippen molar-refractivity contribution in [1.82, 2.24) is 9.88 Å². The number of carbonyl (C=O) groups excluding carboxylic acids is 1. The number of rotatable bonds is 4. The van der Waals surface area contributed by atoms with Crippen LogP contribution in [0, 0.1) is 6.92 Å². The van der Waals surface area contributed by atoms with E-state index in [2.05, 4.69) is 11.1 Å². The van der Waals surface area contributed by atoms with E-state index in [4.69, 9.17) is 0 Å². The minimum Gasteiger partial charge on any atom is -0.339 e. The van der Waals surface area contributed by atoms with Crippen molar-refractivity contribution < 1.29 is 4.79 Å². The molecule has 0 spiro atoms. The summed E-state index contributed by atoms with van der Waals surface area (Å²) in [4.78, 5) is 18.2. The first-order chi connectivity index (χ1) is 9.58. The fraction of sp³-hybridized carbons (Fsp3) is 0.294. The number of hydrogen-bond donors (Lipinski definition) is 0. The van der Waals surface area contributed by atoms with Crippen molar-refractivity contribution in [1.29, 1.82) is 0 Å². The van der Waals surface area contributed by atoms with Crippen molar-refractivity contribution in [3.63, 3.8) is 0 Å². The van der Waals surface area contributed by atoms with Gasteiger partial charge in [0.1, 0.15) is 0 Å². The number of pyridine rings is 1. The zero-order chi connectivity index (χ0) is 14.5. The molecule has 0 aliphatic carbocycles. The second-order valence-electron chi connectivity index (χ2n) is 5.13. The van der Waals surface area contributed by atoms with Crippen LogP contribution in [0.1, 0.15) is 29.7 Å². The third kappa shape index (κ3) is 3.44. The van der Waals surface area contributed by atoms with Gasteiger partial charge in [-0.2, -0.15) is 0 Å². The van der Waals surface area contributed by atoms with Crippen LogP contribution >= 0.6 is 0 Å². The number of nitrogens with zero attached hydrogens (tertiary/aromatic N) is 2. The third-order valence-electron chi connectivity index (χ3n) is 3.58. The molecule has 3 heteroatoms. The third-order valence-corrected chi connectivity index (χ3v) is 3.58. The normalized spacial score (nSPS) is 11.9. The lowest BCUT2D eigenvalue weighted by Crippen LogP contribution is -2.31. The first-order valence-corrected chi connectivity index (χ1v) is 6.79. The molecule has 1 heterocycles. The Hall–Kier alpha value is -2.16. The van der Waals surface area contributed by atoms with E-state index in [1.54, 1.807) is 17.3 Å². The first kappa shape index (κ1) is 14.3. The summed E-state index contributed by atoms with van der Waals surface area (Å²) in [6.07, 6.45) is 3.98. The lowest BCUT2D eigenvalue weighted by Gasteiger charge is -2.25. The molecule has 0 saturated carbocycles. The molecule has 3 nitrogen and oxygen atoms in total. The van der Waals surface area contributed by atoms with Gasteiger partial charge in [0, 0.05) is 19.4 Å². The number of amides is 1. The Bertz CT molecular complexity index is 581. The van der Waals surface area contributed by atoms with Gasteiger partial charge in [0.05, 0.1) is 12.5 Å². The number of aryl methyl sites for hydroxylation is 1. The molecular weight excluding hydrogens is 248 g/mol. The van der Waals surface area contributed by atoms with Crippen molar-refractivity contribution in [2.24, 2.45) is 0 Å². The molecule has 1 aromatic heterocycles. The Morgan fingerprint density at radius 1 is 1.30 bits per heavy atom. The van der Waals surface area contributed by atoms with Crippen molar-refractivity contribution in [3.05, 3.63) is 65.5 Å². The average molecular weight is 268 g/mol. The van der Waals surface area contributed by atoms with Gasteiger partial charge in [0.25, 0.3) is 0 Å². The van der Waals surface area contributed by atoms with E-state index < -0.39 is 0 Å². The van der Waals surface area contributed by atoms with Gasteiger partial charge in [-0.15, -0.1) is 0 Å². The summed E-state index contributed by atoms with van der Waals surface area (Å²) in [6, 6.07) is 12.0. The number of hydrogen-bond acceptors (Lipinski definition) is 2. The summed E-state index contributed by atoms with van der Waals surface area (Å²) >= 11 is 0. The smallest absolute Gasteiger partial charge is 0.227 e. The van der Waals surface area contributed by atoms with Crippen LogP contribution < -0.4 is 0 Å². The minimum absolute atomic E-state index is 0.0287. The summed E-state index contributed by atoms with van der Waals surface area (Å²) in [7, 11) is 1.84. The van der Waals surface area contributed by atoms with Crippen LogP contribution in [0.25, 0.3) is 0 Å². The highest BCUT2D eigenvalue weighted by Crippen LogP contribution is 2.18. The SMILES string of the molecule is Cc1cccc(CC(=O)N(C)[C@@H](C)c2cccnc2)c1. The Kier molecular flexibility index (Phi) is 4.51. The molecule has 0 N–H and O–H groups in total. The monoisotopic (exact) mass is 268 g/mol. The Morgan fingerprint density at radius 3 is 2.75 bits per heavy atom. The maximum Gasteiger partial charge on any atom is 0.227 e. The molecule has 0 bridgehead atoms. The Labute approximate surface area is 120 Å². The highest BCUT2D eigenvalue weighted by atomic mass is 16.2. The van der Waals surface area contributed by atoms with Crippen molar-refractivity contribution in [3.8, 4) is 0 Å². The van der Waals surface area contributed by atoms with Gasteiger partial charge >= 0.3 is 0 Å². The van der Waals surface area contributed by atoms with Gasteiger partial charge in [0.15, 0.2) is 0 Å². The number of likely N-dealkylation sites (N-methyl/N-ethyl adjacent to an activating group) is 1. The molecule has 20 heavy (non-hydrogen) atoms. The topological polar surface area (TPSA) is 33.2 Å². The van der Waals surface area contributed by atoms with Gasteiger partial charge in [-0.05, 0) is 31.0 Å². The highest BCUT2D eigenvalue weighted by molar-refractivity contribution is 5.79. The van der Waals surface area contributed by atoms with Gasteiger partial charge in [-0.1, -0.05) is 35.9 Å². The molecule has 0 fully saturated rings. The van der Waals surface area contributed by atoms with Gasteiger partial charge in [-0.25, -0.2) is 0 Å². The lowest BCUT2D eigenvalue weighted by atomic mass is 10.1. The summed E-state index contributed by atoms with van der Waals surface area (Å²) < 4.78 is 0. The van der Waals surface area contributed by atoms with Crippen LogP contribution in [0.2, 0.25) is 0 Å². The van der Waals surface area contributed by atoms with E-state index >= 15 is 0 Å². The van der Waals surface area contributed by atoms with Crippen molar-refractivity contribution >= 4 is 5.91 Å². The molecule has 1 aromatic carbocycles. The number of aromatic nitrogens is 1. The quantitative estimate of drug-likeness (QED) is 0.853. The van der Waals surface area contributed by atoms with Gasteiger partial charge < -0.3 is 4.90 Å². The van der Waals surface area contributed by atoms with Crippen molar-refractivity contribution in [2.75, 3.05) is 7.05 Å². The lowest BCUT2D eigenvalue weighted by molar-refractivity contribution is -0.131. The van der Waals surface area contributed by atoms with E-state index in [1.165, 1.54) is 5.56 Å². The Morgan fingerprint density at radius 2 is 2.10 bits per heavy atom. The molecule has 0 aliphatic heterocycles. The summed E-state index contributed by atoms with van der Waals surface area (Å²) in [5.74, 6) is 0.118. The van der Waals surface area contributed by atoms with E-state index in [9.17, 15) is 4.79 Å². The van der Waals surface area contributed by atoms with Crippen molar-refractivity contribution in [2.45, 2.75) is 26.3 Å². The zero-order valence-corrected chi connectivity index (χ0v) is 12.2. The van der Waals surface area contributed by atoms with Crippen LogP contribution in [0.5, 0.6) is 0 Å². The molecule has 104 valence electrons. The Balaban J connectivity index is 2.05. The molecule has 0 unspecified atom stereocenters. The van der Waals surface area contributed by atoms with E-state index in [1.807, 2.05) is 51.2 Å². The van der Waals surface area contributed by atoms with Gasteiger partial charge in [0.2, 0.25) is 5.91 Å². The molecule has 0 saturated heterocycles. The molecule has 1 amide bonds. The molecule has 0 radical (unpaired) electrons. The molecular formula is C17H20N2O. The second-order valence-corrected chi connectivity index (χ2v) is 5.13. The highest BCUT2D eigenvalue weighted by Gasteiger charge is 2.17. The molecule has 2 rings (SSSR count). The standard InChI is InChI=1S/C17H20N2O/c1-13-6-4-7-15(10-13)11-17(20)19(3)14(2)16-8-5-9-18-12-16/h4-10,12,14H,11H2,1-3H3/t14-/m0/s1. The average Bonchev–Trinajstić information content (AvgIpc) is 2.46. The fourth-order valence-electron chi connectivity index (χ4n) is 2.18. The molecule has 0 aliphatic rings. The van der Waals surface area contributed by atoms with E-state index in [0.717, 1.165) is 11.1 Å². The van der Waals surface area contributed by atoms with Crippen LogP contribution in [-0.2, 0) is 11.2 Å². The zero-order valence-electron chi connectivity index (χ0n) is 12.2. The molecule has 2 aromatic rings. The van der Waals surface area contributed by atoms with Gasteiger partial charge in [-0.3, -0.25) is 9.78 Å². The second kappa shape index (κ2) is 6.33. The maximum atomic E-state index is 12.3. The number of benzene rings is 1. The van der Waals surface area contributed by atoms with Crippen LogP contribution in [0.15, 0.2) is 48.8 Å². The maximum absolute atomic E-state index is 12.3. The van der Waals surface area contributed by atoms with E-state index in [-0.39, 0.29) is 11.9 Å². The summed E-state index contributed by atoms with van der Waals surface area (Å²) in [6.45, 7) is 4.06. The predicted molar refractivity (Wildman–Crippen MR) is 80.3 cm³/mol. The minimum atomic E-state index is 0.0287. The van der Waals surface area contributed by atoms with Crippen LogP contribution in [0.4, 0.5) is 0 Å². The van der Waals surface area contributed by atoms with Crippen LogP contribution in [-0.4, -0.2) is 22.8 Å². The van der Waals surface area contributed by atoms with E-state index in [0.29, 0.717) is 6.42 Å². The summed E-state index contributed by atoms with van der Waals surface area (Å²) in [5.41, 5.74) is 3.28. The predicted octanol–water partition coefficient (Wildman–Crippen LogP) is 3.15. The molecule has 1 atom stereocenters. The summed E-state index contributed by atoms with van der Waals surface area (Å²) in [5, 5.41) is 0. The largest absolute Gasteiger partial charge is 0.339 e.